The van der Waals surface area contributed by atoms with Crippen molar-refractivity contribution >= 4 is 5.97 Å². The third-order valence-electron chi connectivity index (χ3n) is 3.53. The molecule has 0 aromatic rings. The van der Waals surface area contributed by atoms with Crippen LogP contribution in [0.15, 0.2) is 0 Å². The average Bonchev–Trinajstić information content (AvgIpc) is 2.44. The highest BCUT2D eigenvalue weighted by molar-refractivity contribution is 5.80. The zero-order chi connectivity index (χ0) is 14.1. The van der Waals surface area contributed by atoms with Crippen molar-refractivity contribution in [1.82, 2.24) is 5.32 Å². The predicted octanol–water partition coefficient (Wildman–Crippen LogP) is 1.50. The molecule has 0 aromatic carbocycles. The number of likely N-dealkylation sites (N-methyl/N-ethyl adjacent to an activating group) is 1. The summed E-state index contributed by atoms with van der Waals surface area (Å²) in [7, 11) is 1.41. The van der Waals surface area contributed by atoms with E-state index in [9.17, 15) is 4.79 Å². The van der Waals surface area contributed by atoms with Crippen molar-refractivity contribution in [3.8, 4) is 0 Å². The van der Waals surface area contributed by atoms with Crippen LogP contribution in [0.1, 0.15) is 39.5 Å². The first-order valence-corrected chi connectivity index (χ1v) is 7.15. The second kappa shape index (κ2) is 8.51. The largest absolute Gasteiger partial charge is 0.468 e. The number of methoxy groups -OCH3 is 1. The van der Waals surface area contributed by atoms with Gasteiger partial charge < -0.3 is 19.5 Å². The fourth-order valence-electron chi connectivity index (χ4n) is 2.31. The summed E-state index contributed by atoms with van der Waals surface area (Å²) >= 11 is 0. The Hall–Kier alpha value is -0.650. The van der Waals surface area contributed by atoms with Gasteiger partial charge in [-0.1, -0.05) is 6.92 Å². The van der Waals surface area contributed by atoms with Gasteiger partial charge in [0.2, 0.25) is 0 Å². The summed E-state index contributed by atoms with van der Waals surface area (Å²) in [5.41, 5.74) is -0.670. The van der Waals surface area contributed by atoms with Crippen LogP contribution >= 0.6 is 0 Å². The van der Waals surface area contributed by atoms with E-state index in [1.807, 2.05) is 13.8 Å². The van der Waals surface area contributed by atoms with Crippen LogP contribution in [0.5, 0.6) is 0 Å². The van der Waals surface area contributed by atoms with E-state index in [1.54, 1.807) is 0 Å². The van der Waals surface area contributed by atoms with Crippen LogP contribution in [-0.2, 0) is 19.0 Å². The first-order chi connectivity index (χ1) is 9.12. The molecule has 0 radical (unpaired) electrons. The molecule has 5 nitrogen and oxygen atoms in total. The fourth-order valence-corrected chi connectivity index (χ4v) is 2.31. The molecule has 0 aromatic heterocycles. The third kappa shape index (κ3) is 5.47. The van der Waals surface area contributed by atoms with Gasteiger partial charge >= 0.3 is 5.97 Å². The molecule has 1 saturated heterocycles. The van der Waals surface area contributed by atoms with E-state index in [1.165, 1.54) is 13.5 Å². The number of carbonyl (C=O) groups is 1. The third-order valence-corrected chi connectivity index (χ3v) is 3.53. The number of ether oxygens (including phenoxy) is 3. The lowest BCUT2D eigenvalue weighted by Gasteiger charge is -2.28. The van der Waals surface area contributed by atoms with Gasteiger partial charge in [0.1, 0.15) is 5.54 Å². The highest BCUT2D eigenvalue weighted by atomic mass is 16.5. The Bertz CT molecular complexity index is 266. The molecule has 5 heteroatoms. The lowest BCUT2D eigenvalue weighted by Crippen LogP contribution is -2.50. The van der Waals surface area contributed by atoms with Gasteiger partial charge in [0.05, 0.1) is 19.8 Å². The second-order valence-electron chi connectivity index (χ2n) is 5.17. The maximum Gasteiger partial charge on any atom is 0.325 e. The first-order valence-electron chi connectivity index (χ1n) is 7.15. The van der Waals surface area contributed by atoms with Crippen LogP contribution < -0.4 is 5.32 Å². The summed E-state index contributed by atoms with van der Waals surface area (Å²) < 4.78 is 16.1. The Morgan fingerprint density at radius 1 is 1.47 bits per heavy atom. The van der Waals surface area contributed by atoms with Crippen molar-refractivity contribution in [2.75, 3.05) is 33.5 Å². The molecule has 0 aliphatic carbocycles. The molecule has 1 aliphatic heterocycles. The van der Waals surface area contributed by atoms with Crippen LogP contribution in [0.3, 0.4) is 0 Å². The highest BCUT2D eigenvalue weighted by Gasteiger charge is 2.33. The number of carbonyl (C=O) groups excluding carboxylic acids is 1. The van der Waals surface area contributed by atoms with Gasteiger partial charge in [-0.3, -0.25) is 4.79 Å². The zero-order valence-corrected chi connectivity index (χ0v) is 12.4. The summed E-state index contributed by atoms with van der Waals surface area (Å²) in [6.07, 6.45) is 4.25. The lowest BCUT2D eigenvalue weighted by atomic mass is 9.98. The molecule has 0 bridgehead atoms. The van der Waals surface area contributed by atoms with Crippen molar-refractivity contribution in [2.24, 2.45) is 0 Å². The van der Waals surface area contributed by atoms with Gasteiger partial charge in [-0.25, -0.2) is 0 Å². The lowest BCUT2D eigenvalue weighted by molar-refractivity contribution is -0.149. The molecule has 0 spiro atoms. The van der Waals surface area contributed by atoms with E-state index in [2.05, 4.69) is 5.32 Å². The normalized spacial score (nSPS) is 22.8. The van der Waals surface area contributed by atoms with Gasteiger partial charge in [0, 0.05) is 13.2 Å². The van der Waals surface area contributed by atoms with Crippen molar-refractivity contribution in [3.63, 3.8) is 0 Å². The molecule has 1 fully saturated rings. The molecular formula is C14H27NO4. The maximum absolute atomic E-state index is 11.8. The van der Waals surface area contributed by atoms with E-state index in [-0.39, 0.29) is 12.1 Å². The smallest absolute Gasteiger partial charge is 0.325 e. The SMILES string of the molecule is CCNC(C)(CCOCC1CCCCO1)C(=O)OC. The molecule has 0 saturated carbocycles. The van der Waals surface area contributed by atoms with Gasteiger partial charge in [-0.15, -0.1) is 0 Å². The molecule has 2 unspecified atom stereocenters. The monoisotopic (exact) mass is 273 g/mol. The minimum absolute atomic E-state index is 0.220. The van der Waals surface area contributed by atoms with E-state index in [4.69, 9.17) is 14.2 Å². The maximum atomic E-state index is 11.8. The van der Waals surface area contributed by atoms with Crippen LogP contribution in [0, 0.1) is 0 Å². The summed E-state index contributed by atoms with van der Waals surface area (Å²) in [4.78, 5) is 11.8. The second-order valence-corrected chi connectivity index (χ2v) is 5.17. The Morgan fingerprint density at radius 3 is 2.84 bits per heavy atom. The molecule has 112 valence electrons. The molecule has 1 rings (SSSR count). The Labute approximate surface area is 116 Å². The van der Waals surface area contributed by atoms with Crippen molar-refractivity contribution < 1.29 is 19.0 Å². The number of rotatable bonds is 8. The van der Waals surface area contributed by atoms with Gasteiger partial charge in [-0.05, 0) is 39.2 Å². The zero-order valence-electron chi connectivity index (χ0n) is 12.4. The number of hydrogen-bond acceptors (Lipinski definition) is 5. The van der Waals surface area contributed by atoms with Gasteiger partial charge in [0.15, 0.2) is 0 Å². The molecule has 1 N–H and O–H groups in total. The van der Waals surface area contributed by atoms with Crippen molar-refractivity contribution in [2.45, 2.75) is 51.2 Å². The molecule has 0 amide bonds. The minimum Gasteiger partial charge on any atom is -0.468 e. The number of nitrogens with one attached hydrogen (secondary N) is 1. The molecule has 19 heavy (non-hydrogen) atoms. The van der Waals surface area contributed by atoms with E-state index < -0.39 is 5.54 Å². The van der Waals surface area contributed by atoms with E-state index in [0.29, 0.717) is 19.6 Å². The Balaban J connectivity index is 2.25. The van der Waals surface area contributed by atoms with Gasteiger partial charge in [0.25, 0.3) is 0 Å². The number of esters is 1. The Morgan fingerprint density at radius 2 is 2.26 bits per heavy atom. The van der Waals surface area contributed by atoms with E-state index in [0.717, 1.165) is 26.0 Å². The molecule has 2 atom stereocenters. The Kier molecular flexibility index (Phi) is 7.34. The van der Waals surface area contributed by atoms with Crippen molar-refractivity contribution in [1.29, 1.82) is 0 Å². The first kappa shape index (κ1) is 16.4. The topological polar surface area (TPSA) is 56.8 Å². The van der Waals surface area contributed by atoms with Crippen LogP contribution in [-0.4, -0.2) is 51.1 Å². The minimum atomic E-state index is -0.670. The van der Waals surface area contributed by atoms with Crippen LogP contribution in [0.2, 0.25) is 0 Å². The van der Waals surface area contributed by atoms with Crippen LogP contribution in [0.4, 0.5) is 0 Å². The molecular weight excluding hydrogens is 246 g/mol. The summed E-state index contributed by atoms with van der Waals surface area (Å²) in [5, 5.41) is 3.16. The average molecular weight is 273 g/mol. The molecule has 1 heterocycles. The van der Waals surface area contributed by atoms with Gasteiger partial charge in [-0.2, -0.15) is 0 Å². The summed E-state index contributed by atoms with van der Waals surface area (Å²) in [6.45, 7) is 6.52. The number of hydrogen-bond donors (Lipinski definition) is 1. The quantitative estimate of drug-likeness (QED) is 0.536. The molecule has 1 aliphatic rings. The van der Waals surface area contributed by atoms with E-state index >= 15 is 0 Å². The van der Waals surface area contributed by atoms with Crippen LogP contribution in [0.25, 0.3) is 0 Å². The summed E-state index contributed by atoms with van der Waals surface area (Å²) in [5.74, 6) is -0.244. The standard InChI is InChI=1S/C14H27NO4/c1-4-15-14(2,13(16)17-3)8-10-18-11-12-7-5-6-9-19-12/h12,15H,4-11H2,1-3H3. The fraction of sp³-hybridized carbons (Fsp3) is 0.929. The predicted molar refractivity (Wildman–Crippen MR) is 73.1 cm³/mol. The summed E-state index contributed by atoms with van der Waals surface area (Å²) in [6, 6.07) is 0. The highest BCUT2D eigenvalue weighted by Crippen LogP contribution is 2.15. The van der Waals surface area contributed by atoms with Crippen molar-refractivity contribution in [3.05, 3.63) is 0 Å².